The zero-order valence-corrected chi connectivity index (χ0v) is 12.6. The van der Waals surface area contributed by atoms with Gasteiger partial charge in [0.25, 0.3) is 5.91 Å². The summed E-state index contributed by atoms with van der Waals surface area (Å²) in [5.41, 5.74) is 6.62. The van der Waals surface area contributed by atoms with Crippen molar-refractivity contribution >= 4 is 5.91 Å². The van der Waals surface area contributed by atoms with E-state index in [9.17, 15) is 4.79 Å². The van der Waals surface area contributed by atoms with Gasteiger partial charge in [0.2, 0.25) is 0 Å². The van der Waals surface area contributed by atoms with Crippen LogP contribution in [0.2, 0.25) is 0 Å². The van der Waals surface area contributed by atoms with E-state index in [2.05, 4.69) is 29.1 Å². The average molecular weight is 285 g/mol. The zero-order chi connectivity index (χ0) is 15.1. The number of aromatic nitrogens is 1. The molecule has 4 nitrogen and oxygen atoms in total. The summed E-state index contributed by atoms with van der Waals surface area (Å²) in [6.07, 6.45) is 9.19. The Morgan fingerprint density at radius 1 is 1.43 bits per heavy atom. The van der Waals surface area contributed by atoms with Crippen LogP contribution in [0, 0.1) is 17.8 Å². The van der Waals surface area contributed by atoms with Crippen molar-refractivity contribution in [3.05, 3.63) is 29.6 Å². The highest BCUT2D eigenvalue weighted by molar-refractivity contribution is 5.96. The van der Waals surface area contributed by atoms with E-state index in [0.29, 0.717) is 17.0 Å². The van der Waals surface area contributed by atoms with Crippen LogP contribution in [0.4, 0.5) is 0 Å². The summed E-state index contributed by atoms with van der Waals surface area (Å²) in [5.74, 6) is 6.16. The molecule has 1 aromatic rings. The van der Waals surface area contributed by atoms with Crippen molar-refractivity contribution in [3.63, 3.8) is 0 Å². The highest BCUT2D eigenvalue weighted by atomic mass is 16.1. The normalized spacial score (nSPS) is 21.8. The van der Waals surface area contributed by atoms with E-state index in [4.69, 9.17) is 5.73 Å². The van der Waals surface area contributed by atoms with Gasteiger partial charge in [-0.15, -0.1) is 0 Å². The monoisotopic (exact) mass is 285 g/mol. The molecule has 2 unspecified atom stereocenters. The average Bonchev–Trinajstić information content (AvgIpc) is 2.70. The molecule has 1 heterocycles. The summed E-state index contributed by atoms with van der Waals surface area (Å²) in [7, 11) is 0. The van der Waals surface area contributed by atoms with E-state index in [0.717, 1.165) is 6.42 Å². The van der Waals surface area contributed by atoms with Crippen LogP contribution in [-0.4, -0.2) is 23.5 Å². The van der Waals surface area contributed by atoms with Gasteiger partial charge in [-0.1, -0.05) is 38.0 Å². The SMILES string of the molecule is CC1CCCCCC1NC(=O)c1ccncc1C#CCN. The van der Waals surface area contributed by atoms with Crippen LogP contribution in [-0.2, 0) is 0 Å². The van der Waals surface area contributed by atoms with Gasteiger partial charge < -0.3 is 11.1 Å². The Balaban J connectivity index is 2.12. The predicted octanol–water partition coefficient (Wildman–Crippen LogP) is 2.09. The molecule has 2 atom stereocenters. The smallest absolute Gasteiger partial charge is 0.252 e. The number of carbonyl (C=O) groups is 1. The van der Waals surface area contributed by atoms with Gasteiger partial charge in [-0.25, -0.2) is 0 Å². The number of pyridine rings is 1. The van der Waals surface area contributed by atoms with E-state index >= 15 is 0 Å². The molecule has 4 heteroatoms. The van der Waals surface area contributed by atoms with Crippen LogP contribution in [0.1, 0.15) is 54.9 Å². The Labute approximate surface area is 126 Å². The van der Waals surface area contributed by atoms with Gasteiger partial charge in [-0.3, -0.25) is 9.78 Å². The fourth-order valence-corrected chi connectivity index (χ4v) is 2.79. The summed E-state index contributed by atoms with van der Waals surface area (Å²) in [4.78, 5) is 16.6. The number of nitrogens with two attached hydrogens (primary N) is 1. The van der Waals surface area contributed by atoms with Crippen LogP contribution in [0.15, 0.2) is 18.5 Å². The maximum absolute atomic E-state index is 12.5. The third-order valence-electron chi connectivity index (χ3n) is 4.07. The minimum atomic E-state index is -0.0579. The molecule has 1 fully saturated rings. The second-order valence-electron chi connectivity index (χ2n) is 5.62. The van der Waals surface area contributed by atoms with Gasteiger partial charge in [0.05, 0.1) is 17.7 Å². The second kappa shape index (κ2) is 7.80. The fourth-order valence-electron chi connectivity index (χ4n) is 2.79. The molecule has 2 rings (SSSR count). The Morgan fingerprint density at radius 2 is 2.24 bits per heavy atom. The van der Waals surface area contributed by atoms with Gasteiger partial charge in [0, 0.05) is 18.4 Å². The van der Waals surface area contributed by atoms with Crippen LogP contribution < -0.4 is 11.1 Å². The molecule has 1 aromatic heterocycles. The first-order valence-electron chi connectivity index (χ1n) is 7.66. The third-order valence-corrected chi connectivity index (χ3v) is 4.07. The first-order valence-corrected chi connectivity index (χ1v) is 7.66. The Hall–Kier alpha value is -1.86. The molecule has 21 heavy (non-hydrogen) atoms. The number of amides is 1. The van der Waals surface area contributed by atoms with Crippen molar-refractivity contribution in [1.82, 2.24) is 10.3 Å². The van der Waals surface area contributed by atoms with Gasteiger partial charge in [0.15, 0.2) is 0 Å². The van der Waals surface area contributed by atoms with E-state index < -0.39 is 0 Å². The lowest BCUT2D eigenvalue weighted by Gasteiger charge is -2.23. The molecule has 0 saturated heterocycles. The summed E-state index contributed by atoms with van der Waals surface area (Å²) >= 11 is 0. The highest BCUT2D eigenvalue weighted by Gasteiger charge is 2.22. The molecule has 0 spiro atoms. The molecule has 1 amide bonds. The van der Waals surface area contributed by atoms with E-state index in [-0.39, 0.29) is 18.5 Å². The maximum atomic E-state index is 12.5. The van der Waals surface area contributed by atoms with Crippen LogP contribution >= 0.6 is 0 Å². The quantitative estimate of drug-likeness (QED) is 0.646. The van der Waals surface area contributed by atoms with Crippen molar-refractivity contribution in [2.24, 2.45) is 11.7 Å². The Bertz CT molecular complexity index is 544. The number of hydrogen-bond acceptors (Lipinski definition) is 3. The molecular formula is C17H23N3O. The molecule has 0 aliphatic heterocycles. The van der Waals surface area contributed by atoms with E-state index in [1.54, 1.807) is 18.5 Å². The molecule has 0 radical (unpaired) electrons. The Morgan fingerprint density at radius 3 is 3.05 bits per heavy atom. The van der Waals surface area contributed by atoms with Gasteiger partial charge in [-0.2, -0.15) is 0 Å². The number of nitrogens with one attached hydrogen (secondary N) is 1. The van der Waals surface area contributed by atoms with E-state index in [1.807, 2.05) is 0 Å². The molecule has 112 valence electrons. The van der Waals surface area contributed by atoms with Gasteiger partial charge >= 0.3 is 0 Å². The number of rotatable bonds is 2. The van der Waals surface area contributed by atoms with Crippen molar-refractivity contribution in [2.75, 3.05) is 6.54 Å². The largest absolute Gasteiger partial charge is 0.349 e. The molecule has 1 aliphatic carbocycles. The lowest BCUT2D eigenvalue weighted by atomic mass is 9.96. The predicted molar refractivity (Wildman–Crippen MR) is 83.7 cm³/mol. The van der Waals surface area contributed by atoms with Crippen LogP contribution in [0.3, 0.4) is 0 Å². The molecule has 0 bridgehead atoms. The first-order chi connectivity index (χ1) is 10.2. The fraction of sp³-hybridized carbons (Fsp3) is 0.529. The van der Waals surface area contributed by atoms with Crippen molar-refractivity contribution in [1.29, 1.82) is 0 Å². The first kappa shape index (κ1) is 15.5. The van der Waals surface area contributed by atoms with Crippen molar-refractivity contribution < 1.29 is 4.79 Å². The molecular weight excluding hydrogens is 262 g/mol. The van der Waals surface area contributed by atoms with Crippen molar-refractivity contribution in [2.45, 2.75) is 45.1 Å². The zero-order valence-electron chi connectivity index (χ0n) is 12.6. The highest BCUT2D eigenvalue weighted by Crippen LogP contribution is 2.23. The summed E-state index contributed by atoms with van der Waals surface area (Å²) in [6.45, 7) is 2.49. The number of hydrogen-bond donors (Lipinski definition) is 2. The van der Waals surface area contributed by atoms with Gasteiger partial charge in [-0.05, 0) is 24.8 Å². The van der Waals surface area contributed by atoms with Crippen molar-refractivity contribution in [3.8, 4) is 11.8 Å². The van der Waals surface area contributed by atoms with Crippen LogP contribution in [0.5, 0.6) is 0 Å². The number of nitrogens with zero attached hydrogens (tertiary/aromatic N) is 1. The minimum absolute atomic E-state index is 0.0579. The lowest BCUT2D eigenvalue weighted by molar-refractivity contribution is 0.0921. The van der Waals surface area contributed by atoms with Gasteiger partial charge in [0.1, 0.15) is 0 Å². The van der Waals surface area contributed by atoms with Crippen LogP contribution in [0.25, 0.3) is 0 Å². The second-order valence-corrected chi connectivity index (χ2v) is 5.62. The Kier molecular flexibility index (Phi) is 5.77. The maximum Gasteiger partial charge on any atom is 0.252 e. The molecule has 0 aromatic carbocycles. The standard InChI is InChI=1S/C17H23N3O/c1-13-6-3-2-4-8-16(13)20-17(21)15-9-11-19-12-14(15)7-5-10-18/h9,11-13,16H,2-4,6,8,10,18H2,1H3,(H,20,21). The van der Waals surface area contributed by atoms with E-state index in [1.165, 1.54) is 25.7 Å². The lowest BCUT2D eigenvalue weighted by Crippen LogP contribution is -2.39. The topological polar surface area (TPSA) is 68.0 Å². The summed E-state index contributed by atoms with van der Waals surface area (Å²) in [5, 5.41) is 3.18. The number of carbonyl (C=O) groups excluding carboxylic acids is 1. The summed E-state index contributed by atoms with van der Waals surface area (Å²) < 4.78 is 0. The molecule has 1 saturated carbocycles. The summed E-state index contributed by atoms with van der Waals surface area (Å²) in [6, 6.07) is 1.97. The molecule has 3 N–H and O–H groups in total. The third kappa shape index (κ3) is 4.30. The molecule has 1 aliphatic rings. The minimum Gasteiger partial charge on any atom is -0.349 e.